The molecule has 7 N–H and O–H groups in total. The molecule has 15 nitrogen and oxygen atoms in total. The van der Waals surface area contributed by atoms with Gasteiger partial charge >= 0.3 is 11.9 Å². The number of aliphatic hydroxyl groups is 1. The first kappa shape index (κ1) is 31.3. The minimum atomic E-state index is -1.74. The molecule has 1 aliphatic heterocycles. The maximum atomic E-state index is 13.5. The van der Waals surface area contributed by atoms with E-state index in [0.29, 0.717) is 12.8 Å². The van der Waals surface area contributed by atoms with E-state index in [4.69, 9.17) is 10.2 Å². The number of hydrogen-bond acceptors (Lipinski definition) is 8. The molecule has 1 saturated heterocycles. The molecule has 1 fully saturated rings. The highest BCUT2D eigenvalue weighted by Crippen LogP contribution is 2.21. The van der Waals surface area contributed by atoms with Crippen molar-refractivity contribution < 1.29 is 48.9 Å². The molecule has 1 heterocycles. The Balaban J connectivity index is 3.21. The molecule has 37 heavy (non-hydrogen) atoms. The fraction of sp³-hybridized carbons (Fsp3) is 0.682. The number of rotatable bonds is 15. The Labute approximate surface area is 213 Å². The Hall–Kier alpha value is -3.75. The van der Waals surface area contributed by atoms with Crippen LogP contribution in [0.3, 0.4) is 0 Å². The van der Waals surface area contributed by atoms with Crippen LogP contribution in [0.15, 0.2) is 0 Å². The van der Waals surface area contributed by atoms with Crippen molar-refractivity contribution in [3.8, 4) is 0 Å². The van der Waals surface area contributed by atoms with Crippen LogP contribution in [0.2, 0.25) is 0 Å². The summed E-state index contributed by atoms with van der Waals surface area (Å²) in [6.07, 6.45) is -2.54. The Morgan fingerprint density at radius 3 is 2.22 bits per heavy atom. The maximum absolute atomic E-state index is 13.5. The smallest absolute Gasteiger partial charge is 0.307 e. The van der Waals surface area contributed by atoms with Crippen molar-refractivity contribution in [2.75, 3.05) is 6.54 Å². The first-order valence-corrected chi connectivity index (χ1v) is 11.8. The summed E-state index contributed by atoms with van der Waals surface area (Å²) in [5.74, 6) is -5.83. The Bertz CT molecular complexity index is 882. The number of carboxylic acids is 2. The lowest BCUT2D eigenvalue weighted by Crippen LogP contribution is -2.58. The van der Waals surface area contributed by atoms with Gasteiger partial charge in [0, 0.05) is 25.9 Å². The molecule has 0 saturated carbocycles. The van der Waals surface area contributed by atoms with Gasteiger partial charge in [-0.15, -0.1) is 0 Å². The number of amides is 5. The van der Waals surface area contributed by atoms with Crippen molar-refractivity contribution in [2.24, 2.45) is 5.92 Å². The summed E-state index contributed by atoms with van der Waals surface area (Å²) in [6, 6.07) is -4.32. The van der Waals surface area contributed by atoms with Crippen LogP contribution in [-0.2, 0) is 33.6 Å². The molecule has 0 aromatic heterocycles. The number of likely N-dealkylation sites (tertiary alicyclic amines) is 1. The predicted octanol–water partition coefficient (Wildman–Crippen LogP) is -2.49. The van der Waals surface area contributed by atoms with Crippen LogP contribution < -0.4 is 21.3 Å². The largest absolute Gasteiger partial charge is 0.481 e. The van der Waals surface area contributed by atoms with Gasteiger partial charge in [0.25, 0.3) is 0 Å². The van der Waals surface area contributed by atoms with Crippen LogP contribution in [0.4, 0.5) is 0 Å². The fourth-order valence-corrected chi connectivity index (χ4v) is 3.93. The van der Waals surface area contributed by atoms with E-state index in [0.717, 1.165) is 4.90 Å². The lowest BCUT2D eigenvalue weighted by molar-refractivity contribution is -0.145. The number of hydrogen-bond donors (Lipinski definition) is 7. The number of nitrogens with one attached hydrogen (secondary N) is 4. The molecule has 0 aromatic rings. The molecule has 0 aromatic carbocycles. The van der Waals surface area contributed by atoms with Gasteiger partial charge in [-0.25, -0.2) is 0 Å². The molecule has 6 atom stereocenters. The quantitative estimate of drug-likeness (QED) is 0.0871. The van der Waals surface area contributed by atoms with E-state index in [2.05, 4.69) is 21.3 Å². The number of aliphatic hydroxyl groups excluding tert-OH is 1. The first-order valence-electron chi connectivity index (χ1n) is 11.8. The monoisotopic (exact) mass is 529 g/mol. The third kappa shape index (κ3) is 10.0. The van der Waals surface area contributed by atoms with Crippen molar-refractivity contribution in [2.45, 2.75) is 83.3 Å². The summed E-state index contributed by atoms with van der Waals surface area (Å²) in [6.45, 7) is 4.58. The maximum Gasteiger partial charge on any atom is 0.307 e. The second kappa shape index (κ2) is 14.7. The average Bonchev–Trinajstić information content (AvgIpc) is 3.22. The fourth-order valence-electron chi connectivity index (χ4n) is 3.93. The summed E-state index contributed by atoms with van der Waals surface area (Å²) in [5, 5.41) is 37.3. The van der Waals surface area contributed by atoms with Crippen LogP contribution in [0, 0.1) is 5.92 Å². The topological polar surface area (TPSA) is 232 Å². The average molecular weight is 530 g/mol. The normalized spacial score (nSPS) is 20.1. The molecule has 208 valence electrons. The molecule has 1 aliphatic rings. The van der Waals surface area contributed by atoms with E-state index < -0.39 is 78.8 Å². The second-order valence-electron chi connectivity index (χ2n) is 8.90. The zero-order valence-electron chi connectivity index (χ0n) is 20.9. The van der Waals surface area contributed by atoms with E-state index in [9.17, 15) is 38.7 Å². The number of carbonyl (C=O) groups is 7. The number of aliphatic carboxylic acids is 2. The third-order valence-corrected chi connectivity index (χ3v) is 5.98. The van der Waals surface area contributed by atoms with E-state index in [1.54, 1.807) is 13.8 Å². The van der Waals surface area contributed by atoms with Gasteiger partial charge in [0.2, 0.25) is 30.0 Å². The van der Waals surface area contributed by atoms with Crippen LogP contribution >= 0.6 is 0 Å². The Kier molecular flexibility index (Phi) is 12.4. The molecule has 0 spiro atoms. The summed E-state index contributed by atoms with van der Waals surface area (Å²) < 4.78 is 0. The van der Waals surface area contributed by atoms with Crippen molar-refractivity contribution in [1.82, 2.24) is 26.2 Å². The highest BCUT2D eigenvalue weighted by atomic mass is 16.4. The molecular weight excluding hydrogens is 494 g/mol. The molecule has 0 unspecified atom stereocenters. The van der Waals surface area contributed by atoms with Crippen molar-refractivity contribution in [1.29, 1.82) is 0 Å². The van der Waals surface area contributed by atoms with Gasteiger partial charge in [-0.2, -0.15) is 0 Å². The molecule has 0 radical (unpaired) electrons. The summed E-state index contributed by atoms with van der Waals surface area (Å²) in [5.41, 5.74) is 0. The highest BCUT2D eigenvalue weighted by Gasteiger charge is 2.43. The van der Waals surface area contributed by atoms with E-state index in [1.165, 1.54) is 6.92 Å². The standard InChI is InChI=1S/C22H35N5O10/c1-4-11(2)19(24-12(3)29)21(36)25-14(5-6-17(31)32)22(37)27-9-13(23-10-28)7-15(27)20(35)26-16(30)8-18(33)34/h10-11,13-16,19,30H,4-9H2,1-3H3,(H,23,28)(H,24,29)(H,25,36)(H,26,35)(H,31,32)(H,33,34)/t11-,13+,14-,15-,16+,19-/m0/s1. The minimum absolute atomic E-state index is 0.0723. The SMILES string of the molecule is CC[C@H](C)[C@H](NC(C)=O)C(=O)N[C@@H](CCC(=O)O)C(=O)N1C[C@H](NC=O)C[C@H]1C(=O)N[C@H](O)CC(=O)O. The van der Waals surface area contributed by atoms with Gasteiger partial charge in [0.1, 0.15) is 24.4 Å². The zero-order valence-corrected chi connectivity index (χ0v) is 20.9. The first-order chi connectivity index (χ1) is 17.3. The lowest BCUT2D eigenvalue weighted by atomic mass is 9.97. The van der Waals surface area contributed by atoms with Gasteiger partial charge in [0.15, 0.2) is 0 Å². The van der Waals surface area contributed by atoms with Gasteiger partial charge < -0.3 is 41.5 Å². The van der Waals surface area contributed by atoms with E-state index in [1.807, 2.05) is 0 Å². The predicted molar refractivity (Wildman–Crippen MR) is 125 cm³/mol. The van der Waals surface area contributed by atoms with Crippen LogP contribution in [0.1, 0.15) is 52.9 Å². The summed E-state index contributed by atoms with van der Waals surface area (Å²) >= 11 is 0. The van der Waals surface area contributed by atoms with Crippen molar-refractivity contribution >= 4 is 42.0 Å². The summed E-state index contributed by atoms with van der Waals surface area (Å²) in [7, 11) is 0. The number of nitrogens with zero attached hydrogens (tertiary/aromatic N) is 1. The summed E-state index contributed by atoms with van der Waals surface area (Å²) in [4.78, 5) is 84.9. The molecular formula is C22H35N5O10. The van der Waals surface area contributed by atoms with E-state index in [-0.39, 0.29) is 25.3 Å². The Morgan fingerprint density at radius 1 is 1.05 bits per heavy atom. The third-order valence-electron chi connectivity index (χ3n) is 5.98. The second-order valence-corrected chi connectivity index (χ2v) is 8.90. The van der Waals surface area contributed by atoms with Gasteiger partial charge in [-0.3, -0.25) is 33.6 Å². The van der Waals surface area contributed by atoms with Gasteiger partial charge in [-0.05, 0) is 18.8 Å². The van der Waals surface area contributed by atoms with Gasteiger partial charge in [-0.1, -0.05) is 20.3 Å². The Morgan fingerprint density at radius 2 is 1.70 bits per heavy atom. The molecule has 0 aliphatic carbocycles. The van der Waals surface area contributed by atoms with Crippen LogP contribution in [0.25, 0.3) is 0 Å². The van der Waals surface area contributed by atoms with Crippen molar-refractivity contribution in [3.63, 3.8) is 0 Å². The molecule has 1 rings (SSSR count). The lowest BCUT2D eigenvalue weighted by Gasteiger charge is -2.30. The number of carbonyl (C=O) groups excluding carboxylic acids is 5. The number of carboxylic acid groups (broad SMARTS) is 2. The zero-order chi connectivity index (χ0) is 28.3. The van der Waals surface area contributed by atoms with E-state index >= 15 is 0 Å². The van der Waals surface area contributed by atoms with Gasteiger partial charge in [0.05, 0.1) is 6.42 Å². The molecule has 5 amide bonds. The minimum Gasteiger partial charge on any atom is -0.481 e. The molecule has 0 bridgehead atoms. The van der Waals surface area contributed by atoms with Crippen molar-refractivity contribution in [3.05, 3.63) is 0 Å². The van der Waals surface area contributed by atoms with Crippen LogP contribution in [-0.4, -0.2) is 99.1 Å². The highest BCUT2D eigenvalue weighted by molar-refractivity contribution is 5.95. The molecule has 15 heteroatoms. The van der Waals surface area contributed by atoms with Crippen LogP contribution in [0.5, 0.6) is 0 Å².